The minimum Gasteiger partial charge on any atom is -0.452 e. The molecule has 1 aliphatic rings. The highest BCUT2D eigenvalue weighted by Gasteiger charge is 2.42. The fourth-order valence-corrected chi connectivity index (χ4v) is 2.27. The molecule has 0 saturated carbocycles. The molecule has 0 fully saturated rings. The molecule has 2 rings (SSSR count). The fourth-order valence-electron chi connectivity index (χ4n) is 2.27. The van der Waals surface area contributed by atoms with Crippen LogP contribution in [0.1, 0.15) is 50.5 Å². The van der Waals surface area contributed by atoms with Crippen LogP contribution in [0, 0.1) is 5.92 Å². The highest BCUT2D eigenvalue weighted by molar-refractivity contribution is 6.18. The summed E-state index contributed by atoms with van der Waals surface area (Å²) in [6.07, 6.45) is 1.57. The lowest BCUT2D eigenvalue weighted by Gasteiger charge is -2.21. The summed E-state index contributed by atoms with van der Waals surface area (Å²) in [5.74, 6) is -0.207. The molecule has 0 aromatic heterocycles. The highest BCUT2D eigenvalue weighted by Crippen LogP contribution is 2.28. The van der Waals surface area contributed by atoms with Crippen LogP contribution >= 0.6 is 12.4 Å². The molecule has 0 aliphatic carbocycles. The Morgan fingerprint density at radius 3 is 2.48 bits per heavy atom. The van der Waals surface area contributed by atoms with Gasteiger partial charge in [-0.1, -0.05) is 38.6 Å². The maximum absolute atomic E-state index is 12.5. The maximum Gasteiger partial charge on any atom is 0.339 e. The Balaban J connectivity index is 0.00000312. The summed E-state index contributed by atoms with van der Waals surface area (Å²) in [4.78, 5) is 29.4. The van der Waals surface area contributed by atoms with Gasteiger partial charge in [0.1, 0.15) is 17.0 Å². The van der Waals surface area contributed by atoms with Crippen LogP contribution in [-0.4, -0.2) is 28.9 Å². The molecule has 1 amide bonds. The van der Waals surface area contributed by atoms with Crippen LogP contribution in [0.5, 0.6) is 0 Å². The van der Waals surface area contributed by atoms with E-state index in [1.165, 1.54) is 0 Å². The lowest BCUT2D eigenvalue weighted by Crippen LogP contribution is -2.41. The zero-order chi connectivity index (χ0) is 18.1. The van der Waals surface area contributed by atoms with Crippen molar-refractivity contribution in [2.75, 3.05) is 0 Å². The van der Waals surface area contributed by atoms with Gasteiger partial charge in [0.05, 0.1) is 5.56 Å². The number of amidine groups is 1. The number of hydrogen-bond donors (Lipinski definition) is 1. The van der Waals surface area contributed by atoms with Gasteiger partial charge < -0.3 is 10.1 Å². The molecular formula is C19H25ClN2O3. The molecule has 25 heavy (non-hydrogen) atoms. The Labute approximate surface area is 155 Å². The highest BCUT2D eigenvalue weighted by atomic mass is 35.5. The Morgan fingerprint density at radius 1 is 1.36 bits per heavy atom. The molecule has 5 nitrogen and oxygen atoms in total. The van der Waals surface area contributed by atoms with Gasteiger partial charge >= 0.3 is 5.97 Å². The molecule has 1 aliphatic heterocycles. The number of benzene rings is 1. The molecular weight excluding hydrogens is 340 g/mol. The monoisotopic (exact) mass is 364 g/mol. The number of carbonyl (C=O) groups excluding carboxylic acids is 2. The third-order valence-electron chi connectivity index (χ3n) is 4.41. The van der Waals surface area contributed by atoms with Crippen molar-refractivity contribution in [2.24, 2.45) is 10.9 Å². The van der Waals surface area contributed by atoms with Crippen molar-refractivity contribution in [3.63, 3.8) is 0 Å². The van der Waals surface area contributed by atoms with Crippen LogP contribution in [0.2, 0.25) is 0 Å². The van der Waals surface area contributed by atoms with Crippen LogP contribution in [0.15, 0.2) is 41.9 Å². The van der Waals surface area contributed by atoms with E-state index < -0.39 is 17.1 Å². The van der Waals surface area contributed by atoms with Crippen LogP contribution in [0.4, 0.5) is 0 Å². The molecule has 1 heterocycles. The molecule has 1 atom stereocenters. The largest absolute Gasteiger partial charge is 0.452 e. The van der Waals surface area contributed by atoms with E-state index in [4.69, 9.17) is 4.74 Å². The molecule has 0 bridgehead atoms. The van der Waals surface area contributed by atoms with Gasteiger partial charge in [-0.25, -0.2) is 4.79 Å². The lowest BCUT2D eigenvalue weighted by molar-refractivity contribution is -0.124. The topological polar surface area (TPSA) is 67.8 Å². The van der Waals surface area contributed by atoms with Gasteiger partial charge in [-0.15, -0.1) is 12.4 Å². The molecule has 0 spiro atoms. The number of amides is 1. The maximum atomic E-state index is 12.5. The summed E-state index contributed by atoms with van der Waals surface area (Å²) in [6.45, 7) is 12.9. The average molecular weight is 365 g/mol. The smallest absolute Gasteiger partial charge is 0.339 e. The minimum atomic E-state index is -0.841. The van der Waals surface area contributed by atoms with E-state index in [0.29, 0.717) is 17.0 Å². The van der Waals surface area contributed by atoms with Crippen molar-refractivity contribution in [3.8, 4) is 0 Å². The van der Waals surface area contributed by atoms with Crippen LogP contribution in [-0.2, 0) is 9.53 Å². The normalized spacial score (nSPS) is 19.8. The second-order valence-electron chi connectivity index (χ2n) is 6.96. The van der Waals surface area contributed by atoms with Gasteiger partial charge in [-0.05, 0) is 38.8 Å². The Morgan fingerprint density at radius 2 is 1.96 bits per heavy atom. The number of esters is 1. The number of halogens is 1. The average Bonchev–Trinajstić information content (AvgIpc) is 2.84. The molecule has 1 unspecified atom stereocenters. The van der Waals surface area contributed by atoms with E-state index in [-0.39, 0.29) is 24.2 Å². The molecule has 1 N–H and O–H groups in total. The predicted octanol–water partition coefficient (Wildman–Crippen LogP) is 3.52. The predicted molar refractivity (Wildman–Crippen MR) is 101 cm³/mol. The molecule has 1 aromatic rings. The first-order valence-electron chi connectivity index (χ1n) is 7.98. The first-order valence-corrected chi connectivity index (χ1v) is 7.98. The molecule has 0 saturated heterocycles. The van der Waals surface area contributed by atoms with Crippen LogP contribution < -0.4 is 5.32 Å². The zero-order valence-corrected chi connectivity index (χ0v) is 16.1. The lowest BCUT2D eigenvalue weighted by atomic mass is 9.89. The summed E-state index contributed by atoms with van der Waals surface area (Å²) >= 11 is 0. The molecule has 6 heteroatoms. The minimum absolute atomic E-state index is 0. The van der Waals surface area contributed by atoms with E-state index in [2.05, 4.69) is 16.9 Å². The summed E-state index contributed by atoms with van der Waals surface area (Å²) in [5, 5.41) is 2.80. The number of carbonyl (C=O) groups is 2. The summed E-state index contributed by atoms with van der Waals surface area (Å²) in [5.41, 5.74) is -0.705. The van der Waals surface area contributed by atoms with E-state index in [9.17, 15) is 9.59 Å². The third kappa shape index (κ3) is 4.10. The van der Waals surface area contributed by atoms with E-state index in [0.717, 1.165) is 0 Å². The number of ether oxygens (including phenoxy) is 1. The fraction of sp³-hybridized carbons (Fsp3) is 0.421. The summed E-state index contributed by atoms with van der Waals surface area (Å²) in [6, 6.07) is 6.96. The van der Waals surface area contributed by atoms with Crippen LogP contribution in [0.3, 0.4) is 0 Å². The summed E-state index contributed by atoms with van der Waals surface area (Å²) < 4.78 is 5.47. The van der Waals surface area contributed by atoms with Crippen molar-refractivity contribution in [2.45, 2.75) is 45.8 Å². The van der Waals surface area contributed by atoms with E-state index >= 15 is 0 Å². The number of aliphatic imine (C=N–C) groups is 1. The van der Waals surface area contributed by atoms with Crippen molar-refractivity contribution < 1.29 is 14.3 Å². The Bertz CT molecular complexity index is 725. The van der Waals surface area contributed by atoms with Gasteiger partial charge in [0.25, 0.3) is 5.91 Å². The van der Waals surface area contributed by atoms with Crippen LogP contribution in [0.25, 0.3) is 0 Å². The number of hydrogen-bond acceptors (Lipinski definition) is 4. The first kappa shape index (κ1) is 20.9. The van der Waals surface area contributed by atoms with Gasteiger partial charge in [0.2, 0.25) is 0 Å². The Kier molecular flexibility index (Phi) is 6.19. The van der Waals surface area contributed by atoms with Gasteiger partial charge in [0.15, 0.2) is 0 Å². The quantitative estimate of drug-likeness (QED) is 0.642. The molecule has 1 aromatic carbocycles. The SMILES string of the molecule is C=CC(C)(C)OC(=O)c1ccccc1C1=NC(C)(C(C)C)C(=O)N1.Cl. The first-order chi connectivity index (χ1) is 11.1. The van der Waals surface area contributed by atoms with E-state index in [1.807, 2.05) is 13.8 Å². The second kappa shape index (κ2) is 7.40. The van der Waals surface area contributed by atoms with Gasteiger partial charge in [-0.3, -0.25) is 9.79 Å². The zero-order valence-electron chi connectivity index (χ0n) is 15.3. The molecule has 0 radical (unpaired) electrons. The molecule has 136 valence electrons. The standard InChI is InChI=1S/C19H24N2O3.ClH/c1-7-18(4,5)24-16(22)14-11-9-8-10-13(14)15-20-17(23)19(6,21-15)12(2)3;/h7-12H,1H2,2-6H3,(H,20,21,23);1H. The second-order valence-corrected chi connectivity index (χ2v) is 6.96. The van der Waals surface area contributed by atoms with Crippen molar-refractivity contribution in [1.82, 2.24) is 5.32 Å². The van der Waals surface area contributed by atoms with Crippen molar-refractivity contribution >= 4 is 30.1 Å². The van der Waals surface area contributed by atoms with Gasteiger partial charge in [-0.2, -0.15) is 0 Å². The van der Waals surface area contributed by atoms with Gasteiger partial charge in [0, 0.05) is 5.56 Å². The summed E-state index contributed by atoms with van der Waals surface area (Å²) in [7, 11) is 0. The third-order valence-corrected chi connectivity index (χ3v) is 4.41. The van der Waals surface area contributed by atoms with E-state index in [1.54, 1.807) is 51.1 Å². The number of nitrogens with one attached hydrogen (secondary N) is 1. The van der Waals surface area contributed by atoms with Crippen molar-refractivity contribution in [3.05, 3.63) is 48.0 Å². The van der Waals surface area contributed by atoms with Crippen molar-refractivity contribution in [1.29, 1.82) is 0 Å². The number of rotatable bonds is 5. The number of nitrogens with zero attached hydrogens (tertiary/aromatic N) is 1. The Hall–Kier alpha value is -2.14.